The van der Waals surface area contributed by atoms with Crippen LogP contribution in [0.2, 0.25) is 0 Å². The Labute approximate surface area is 133 Å². The first-order chi connectivity index (χ1) is 10.5. The number of nitro groups is 1. The maximum atomic E-state index is 12.4. The molecule has 6 heteroatoms. The van der Waals surface area contributed by atoms with Crippen LogP contribution in [0.3, 0.4) is 0 Å². The van der Waals surface area contributed by atoms with E-state index in [-0.39, 0.29) is 17.6 Å². The lowest BCUT2D eigenvalue weighted by molar-refractivity contribution is -0.385. The minimum absolute atomic E-state index is 0.0546. The molecule has 22 heavy (non-hydrogen) atoms. The number of amides is 1. The minimum Gasteiger partial charge on any atom is -0.348 e. The molecule has 5 nitrogen and oxygen atoms in total. The van der Waals surface area contributed by atoms with Crippen LogP contribution in [0.5, 0.6) is 0 Å². The second-order valence-electron chi connectivity index (χ2n) is 7.04. The molecule has 1 aromatic heterocycles. The molecule has 0 radical (unpaired) electrons. The lowest BCUT2D eigenvalue weighted by Gasteiger charge is -2.31. The van der Waals surface area contributed by atoms with E-state index >= 15 is 0 Å². The molecular weight excluding hydrogens is 300 g/mol. The molecule has 1 aromatic rings. The third-order valence-electron chi connectivity index (χ3n) is 6.06. The summed E-state index contributed by atoms with van der Waals surface area (Å²) in [5.41, 5.74) is 0.0546. The smallest absolute Gasteiger partial charge is 0.283 e. The molecule has 0 aromatic carbocycles. The van der Waals surface area contributed by atoms with Gasteiger partial charge in [0.1, 0.15) is 0 Å². The monoisotopic (exact) mass is 320 g/mol. The molecule has 4 rings (SSSR count). The minimum atomic E-state index is -0.413. The van der Waals surface area contributed by atoms with Crippen LogP contribution in [0.1, 0.15) is 46.7 Å². The van der Waals surface area contributed by atoms with Gasteiger partial charge in [-0.1, -0.05) is 6.42 Å². The van der Waals surface area contributed by atoms with Crippen molar-refractivity contribution in [3.8, 4) is 0 Å². The van der Waals surface area contributed by atoms with Gasteiger partial charge in [0, 0.05) is 12.1 Å². The van der Waals surface area contributed by atoms with E-state index in [4.69, 9.17) is 0 Å². The topological polar surface area (TPSA) is 72.2 Å². The maximum absolute atomic E-state index is 12.4. The van der Waals surface area contributed by atoms with Crippen molar-refractivity contribution in [3.63, 3.8) is 0 Å². The first kappa shape index (κ1) is 14.2. The van der Waals surface area contributed by atoms with E-state index in [2.05, 4.69) is 5.32 Å². The van der Waals surface area contributed by atoms with Crippen LogP contribution in [-0.4, -0.2) is 16.9 Å². The number of nitrogens with zero attached hydrogens (tertiary/aromatic N) is 1. The van der Waals surface area contributed by atoms with Gasteiger partial charge in [-0.15, -0.1) is 11.3 Å². The highest BCUT2D eigenvalue weighted by molar-refractivity contribution is 7.14. The van der Waals surface area contributed by atoms with Gasteiger partial charge in [-0.25, -0.2) is 0 Å². The lowest BCUT2D eigenvalue weighted by Crippen LogP contribution is -2.42. The number of nitrogens with one attached hydrogen (secondary N) is 1. The van der Waals surface area contributed by atoms with E-state index in [0.717, 1.165) is 24.2 Å². The van der Waals surface area contributed by atoms with Crippen LogP contribution in [0.25, 0.3) is 0 Å². The molecule has 5 atom stereocenters. The SMILES string of the molecule is Cc1sc(C(=O)N[C@@H]2C[C@H]3C[C@H]2[C@@H]2CCC[C@H]32)cc1[N+](=O)[O-]. The third kappa shape index (κ3) is 2.07. The quantitative estimate of drug-likeness (QED) is 0.684. The number of aryl methyl sites for hydroxylation is 1. The third-order valence-corrected chi connectivity index (χ3v) is 7.10. The molecule has 1 amide bonds. The number of thiophene rings is 1. The highest BCUT2D eigenvalue weighted by Gasteiger charge is 2.54. The van der Waals surface area contributed by atoms with Gasteiger partial charge in [0.05, 0.1) is 14.7 Å². The van der Waals surface area contributed by atoms with Crippen molar-refractivity contribution in [2.75, 3.05) is 0 Å². The van der Waals surface area contributed by atoms with Crippen molar-refractivity contribution in [1.82, 2.24) is 5.32 Å². The highest BCUT2D eigenvalue weighted by atomic mass is 32.1. The van der Waals surface area contributed by atoms with Gasteiger partial charge in [0.2, 0.25) is 0 Å². The number of carbonyl (C=O) groups is 1. The summed E-state index contributed by atoms with van der Waals surface area (Å²) in [4.78, 5) is 24.0. The van der Waals surface area contributed by atoms with Crippen molar-refractivity contribution in [2.45, 2.75) is 45.1 Å². The molecule has 0 aliphatic heterocycles. The predicted molar refractivity (Wildman–Crippen MR) is 84.0 cm³/mol. The molecule has 0 unspecified atom stereocenters. The van der Waals surface area contributed by atoms with E-state index < -0.39 is 4.92 Å². The number of carbonyl (C=O) groups excluding carboxylic acids is 1. The molecule has 3 fully saturated rings. The van der Waals surface area contributed by atoms with Crippen LogP contribution < -0.4 is 5.32 Å². The molecule has 3 aliphatic rings. The molecule has 2 bridgehead atoms. The Morgan fingerprint density at radius 1 is 1.32 bits per heavy atom. The number of fused-ring (bicyclic) bond motifs is 5. The molecule has 118 valence electrons. The fourth-order valence-electron chi connectivity index (χ4n) is 5.24. The van der Waals surface area contributed by atoms with Gasteiger partial charge in [0.15, 0.2) is 0 Å². The Morgan fingerprint density at radius 2 is 2.09 bits per heavy atom. The van der Waals surface area contributed by atoms with Crippen LogP contribution in [0.15, 0.2) is 6.07 Å². The first-order valence-electron chi connectivity index (χ1n) is 8.10. The maximum Gasteiger partial charge on any atom is 0.283 e. The zero-order chi connectivity index (χ0) is 15.4. The summed E-state index contributed by atoms with van der Waals surface area (Å²) >= 11 is 1.22. The summed E-state index contributed by atoms with van der Waals surface area (Å²) in [7, 11) is 0. The Kier molecular flexibility index (Phi) is 3.25. The normalized spacial score (nSPS) is 35.6. The zero-order valence-electron chi connectivity index (χ0n) is 12.6. The second kappa shape index (κ2) is 5.05. The van der Waals surface area contributed by atoms with Crippen molar-refractivity contribution < 1.29 is 9.72 Å². The molecular formula is C16H20N2O3S. The van der Waals surface area contributed by atoms with E-state index in [1.807, 2.05) is 0 Å². The average Bonchev–Trinajstić information content (AvgIpc) is 3.17. The van der Waals surface area contributed by atoms with Gasteiger partial charge >= 0.3 is 0 Å². The lowest BCUT2D eigenvalue weighted by atomic mass is 9.79. The Balaban J connectivity index is 1.47. The largest absolute Gasteiger partial charge is 0.348 e. The van der Waals surface area contributed by atoms with E-state index in [1.165, 1.54) is 43.1 Å². The predicted octanol–water partition coefficient (Wildman–Crippen LogP) is 3.52. The van der Waals surface area contributed by atoms with Crippen molar-refractivity contribution in [1.29, 1.82) is 0 Å². The summed E-state index contributed by atoms with van der Waals surface area (Å²) in [6, 6.07) is 1.69. The molecule has 1 N–H and O–H groups in total. The van der Waals surface area contributed by atoms with E-state index in [0.29, 0.717) is 15.7 Å². The van der Waals surface area contributed by atoms with Gasteiger partial charge in [-0.2, -0.15) is 0 Å². The Bertz CT molecular complexity index is 641. The van der Waals surface area contributed by atoms with Crippen LogP contribution in [0, 0.1) is 40.7 Å². The van der Waals surface area contributed by atoms with Crippen LogP contribution in [-0.2, 0) is 0 Å². The first-order valence-corrected chi connectivity index (χ1v) is 8.92. The van der Waals surface area contributed by atoms with Gasteiger partial charge in [0.25, 0.3) is 11.6 Å². The van der Waals surface area contributed by atoms with Crippen molar-refractivity contribution >= 4 is 22.9 Å². The Morgan fingerprint density at radius 3 is 2.82 bits per heavy atom. The summed E-state index contributed by atoms with van der Waals surface area (Å²) in [6.45, 7) is 1.69. The van der Waals surface area contributed by atoms with Crippen LogP contribution >= 0.6 is 11.3 Å². The molecule has 0 spiro atoms. The molecule has 3 saturated carbocycles. The molecule has 0 saturated heterocycles. The number of hydrogen-bond acceptors (Lipinski definition) is 4. The van der Waals surface area contributed by atoms with Gasteiger partial charge in [-0.3, -0.25) is 14.9 Å². The van der Waals surface area contributed by atoms with Gasteiger partial charge < -0.3 is 5.32 Å². The average molecular weight is 320 g/mol. The summed E-state index contributed by atoms with van der Waals surface area (Å²) in [5.74, 6) is 3.01. The van der Waals surface area contributed by atoms with E-state index in [1.54, 1.807) is 6.92 Å². The molecule has 3 aliphatic carbocycles. The highest BCUT2D eigenvalue weighted by Crippen LogP contribution is 2.58. The summed E-state index contributed by atoms with van der Waals surface area (Å²) in [5, 5.41) is 14.1. The van der Waals surface area contributed by atoms with Crippen LogP contribution in [0.4, 0.5) is 5.69 Å². The number of rotatable bonds is 3. The standard InChI is InChI=1S/C16H20N2O3S/c1-8-14(18(20)21)7-15(22-8)16(19)17-13-6-9-5-12(13)11-4-2-3-10(9)11/h7,9-13H,2-6H2,1H3,(H,17,19)/t9-,10-,11-,12+,13-/m1/s1. The van der Waals surface area contributed by atoms with E-state index in [9.17, 15) is 14.9 Å². The van der Waals surface area contributed by atoms with Gasteiger partial charge in [-0.05, 0) is 56.3 Å². The fourth-order valence-corrected chi connectivity index (χ4v) is 6.13. The number of hydrogen-bond donors (Lipinski definition) is 1. The van der Waals surface area contributed by atoms with Crippen molar-refractivity contribution in [3.05, 3.63) is 25.9 Å². The second-order valence-corrected chi connectivity index (χ2v) is 8.30. The Hall–Kier alpha value is -1.43. The van der Waals surface area contributed by atoms with Crippen molar-refractivity contribution in [2.24, 2.45) is 23.7 Å². The summed E-state index contributed by atoms with van der Waals surface area (Å²) < 4.78 is 0. The zero-order valence-corrected chi connectivity index (χ0v) is 13.4. The summed E-state index contributed by atoms with van der Waals surface area (Å²) in [6.07, 6.45) is 6.41. The molecule has 1 heterocycles. The fraction of sp³-hybridized carbons (Fsp3) is 0.688.